The van der Waals surface area contributed by atoms with E-state index in [1.54, 1.807) is 0 Å². The van der Waals surface area contributed by atoms with Gasteiger partial charge in [0.15, 0.2) is 11.6 Å². The summed E-state index contributed by atoms with van der Waals surface area (Å²) in [5, 5.41) is 59.2. The molecule has 0 spiro atoms. The number of halogens is 13. The molecule has 55 heavy (non-hydrogen) atoms. The van der Waals surface area contributed by atoms with E-state index in [9.17, 15) is 84.3 Å². The Morgan fingerprint density at radius 3 is 0.945 bits per heavy atom. The fraction of sp³-hybridized carbons (Fsp3) is 0.133. The molecule has 0 bridgehead atoms. The van der Waals surface area contributed by atoms with Gasteiger partial charge in [0.05, 0.1) is 11.1 Å². The molecule has 2 aliphatic carbocycles. The minimum absolute atomic E-state index is 0.503. The van der Waals surface area contributed by atoms with Crippen LogP contribution in [0.3, 0.4) is 0 Å². The molecule has 0 fully saturated rings. The molecule has 25 heteroatoms. The van der Waals surface area contributed by atoms with Gasteiger partial charge < -0.3 is 0 Å². The number of aromatic nitrogens is 6. The minimum atomic E-state index is -5.75. The number of benzene rings is 1. The standard InChI is InChI=1S/C30HF13N12/c31-20-16-10(14(8(2-44)3-45)18(12(16)6-48)21-50-23(27(32,33)34)54-24(51-21)28(35,36)37)1-11-15(9(4-46)5-47)19(13(7-49)17(11)20)22-52-25(29(38,39)40)55-26(53-22)30(41,42)43/h1H. The van der Waals surface area contributed by atoms with E-state index in [-0.39, 0.29) is 0 Å². The largest absolute Gasteiger partial charge is 0.451 e. The van der Waals surface area contributed by atoms with Gasteiger partial charge in [-0.1, -0.05) is 0 Å². The van der Waals surface area contributed by atoms with Gasteiger partial charge in [-0.25, -0.2) is 34.3 Å². The molecule has 0 atom stereocenters. The van der Waals surface area contributed by atoms with Crippen LogP contribution < -0.4 is 0 Å². The molecule has 2 heterocycles. The average molecular weight is 776 g/mol. The average Bonchev–Trinajstić information content (AvgIpc) is 3.61. The third kappa shape index (κ3) is 6.26. The lowest BCUT2D eigenvalue weighted by Gasteiger charge is -2.14. The van der Waals surface area contributed by atoms with E-state index in [1.165, 1.54) is 36.4 Å². The number of nitrogens with zero attached hydrogens (tertiary/aromatic N) is 12. The van der Waals surface area contributed by atoms with Crippen LogP contribution in [0.4, 0.5) is 57.1 Å². The fourth-order valence-electron chi connectivity index (χ4n) is 5.25. The topological polar surface area (TPSA) is 220 Å². The highest BCUT2D eigenvalue weighted by Gasteiger charge is 2.47. The van der Waals surface area contributed by atoms with E-state index in [2.05, 4.69) is 29.9 Å². The molecular formula is C30HF13N12. The second kappa shape index (κ2) is 12.7. The Balaban J connectivity index is 2.02. The fourth-order valence-corrected chi connectivity index (χ4v) is 5.25. The molecule has 0 aliphatic heterocycles. The number of rotatable bonds is 2. The molecule has 2 aromatic heterocycles. The van der Waals surface area contributed by atoms with E-state index >= 15 is 4.39 Å². The Morgan fingerprint density at radius 1 is 0.455 bits per heavy atom. The number of hydrogen-bond donors (Lipinski definition) is 0. The van der Waals surface area contributed by atoms with E-state index in [1.807, 2.05) is 0 Å². The number of nitriles is 6. The van der Waals surface area contributed by atoms with Gasteiger partial charge in [0.1, 0.15) is 53.4 Å². The first kappa shape index (κ1) is 38.5. The summed E-state index contributed by atoms with van der Waals surface area (Å²) in [4.78, 5) is 16.2. The van der Waals surface area contributed by atoms with Crippen LogP contribution in [-0.4, -0.2) is 29.9 Å². The van der Waals surface area contributed by atoms with Crippen LogP contribution in [0.15, 0.2) is 17.2 Å². The zero-order valence-electron chi connectivity index (χ0n) is 25.4. The van der Waals surface area contributed by atoms with Gasteiger partial charge in [0.25, 0.3) is 0 Å². The van der Waals surface area contributed by atoms with Crippen LogP contribution >= 0.6 is 0 Å². The number of alkyl halides is 12. The number of hydrogen-bond acceptors (Lipinski definition) is 12. The highest BCUT2D eigenvalue weighted by atomic mass is 19.4. The van der Waals surface area contributed by atoms with Crippen LogP contribution in [0.1, 0.15) is 57.2 Å². The Morgan fingerprint density at radius 2 is 0.727 bits per heavy atom. The van der Waals surface area contributed by atoms with Crippen LogP contribution in [-0.2, 0) is 24.7 Å². The molecular weight excluding hydrogens is 775 g/mol. The summed E-state index contributed by atoms with van der Waals surface area (Å²) >= 11 is 0. The first-order valence-electron chi connectivity index (χ1n) is 13.6. The van der Waals surface area contributed by atoms with Crippen LogP contribution in [0.25, 0.3) is 33.4 Å². The van der Waals surface area contributed by atoms with Crippen LogP contribution in [0.2, 0.25) is 0 Å². The lowest BCUT2D eigenvalue weighted by molar-refractivity contribution is -0.156. The van der Waals surface area contributed by atoms with Gasteiger partial charge in [-0.05, 0) is 17.2 Å². The van der Waals surface area contributed by atoms with Gasteiger partial charge in [-0.2, -0.15) is 84.3 Å². The summed E-state index contributed by atoms with van der Waals surface area (Å²) in [6.45, 7) is 0. The normalized spacial score (nSPS) is 13.9. The van der Waals surface area contributed by atoms with Gasteiger partial charge in [0.2, 0.25) is 23.3 Å². The number of fused-ring (bicyclic) bond motifs is 2. The van der Waals surface area contributed by atoms with Gasteiger partial charge in [0, 0.05) is 33.4 Å². The van der Waals surface area contributed by atoms with Crippen LogP contribution in [0, 0.1) is 73.8 Å². The highest BCUT2D eigenvalue weighted by Crippen LogP contribution is 2.55. The lowest BCUT2D eigenvalue weighted by atomic mass is 9.90. The summed E-state index contributed by atoms with van der Waals surface area (Å²) in [6.07, 6.45) is -23.0. The molecule has 0 saturated heterocycles. The van der Waals surface area contributed by atoms with E-state index < -0.39 is 132 Å². The highest BCUT2D eigenvalue weighted by molar-refractivity contribution is 6.29. The smallest absolute Gasteiger partial charge is 0.206 e. The maximum absolute atomic E-state index is 16.9. The van der Waals surface area contributed by atoms with Gasteiger partial charge in [-0.3, -0.25) is 0 Å². The molecule has 0 N–H and O–H groups in total. The van der Waals surface area contributed by atoms with Crippen molar-refractivity contribution in [2.24, 2.45) is 0 Å². The monoisotopic (exact) mass is 776 g/mol. The first-order chi connectivity index (χ1) is 25.5. The van der Waals surface area contributed by atoms with Crippen molar-refractivity contribution >= 4 is 33.4 Å². The third-order valence-electron chi connectivity index (χ3n) is 7.21. The van der Waals surface area contributed by atoms with E-state index in [0.717, 1.165) is 0 Å². The summed E-state index contributed by atoms with van der Waals surface area (Å²) in [6, 6.07) is 7.91. The Bertz CT molecular complexity index is 2390. The van der Waals surface area contributed by atoms with Gasteiger partial charge in [-0.15, -0.1) is 0 Å². The summed E-state index contributed by atoms with van der Waals surface area (Å²) in [7, 11) is 0. The molecule has 3 aromatic rings. The van der Waals surface area contributed by atoms with Crippen molar-refractivity contribution in [1.29, 1.82) is 31.6 Å². The minimum Gasteiger partial charge on any atom is -0.206 e. The summed E-state index contributed by atoms with van der Waals surface area (Å²) in [5.74, 6) is -15.4. The molecule has 0 unspecified atom stereocenters. The molecule has 0 amide bonds. The zero-order chi connectivity index (χ0) is 41.2. The molecule has 2 aliphatic rings. The molecule has 5 rings (SSSR count). The van der Waals surface area contributed by atoms with Crippen molar-refractivity contribution in [3.8, 4) is 36.4 Å². The second-order valence-corrected chi connectivity index (χ2v) is 10.3. The summed E-state index contributed by atoms with van der Waals surface area (Å²) in [5.41, 5.74) is -14.5. The third-order valence-corrected chi connectivity index (χ3v) is 7.21. The molecule has 0 radical (unpaired) electrons. The Hall–Kier alpha value is -7.77. The quantitative estimate of drug-likeness (QED) is 0.194. The maximum Gasteiger partial charge on any atom is 0.451 e. The lowest BCUT2D eigenvalue weighted by Crippen LogP contribution is -2.21. The molecule has 12 nitrogen and oxygen atoms in total. The SMILES string of the molecule is N#CC(C#N)=C1C(c2nc(C(F)(F)F)nc(C(F)(F)F)n2)=C(C#N)c2c1cc1c(c2F)C(C#N)=C(c2nc(C(F)(F)F)nc(C(F)(F)F)n2)C1=C(C#N)C#N. The number of allylic oxidation sites excluding steroid dienone is 8. The van der Waals surface area contributed by atoms with Crippen LogP contribution in [0.5, 0.6) is 0 Å². The predicted octanol–water partition coefficient (Wildman–Crippen LogP) is 6.77. The van der Waals surface area contributed by atoms with E-state index in [0.29, 0.717) is 6.07 Å². The van der Waals surface area contributed by atoms with Crippen molar-refractivity contribution in [1.82, 2.24) is 29.9 Å². The second-order valence-electron chi connectivity index (χ2n) is 10.3. The van der Waals surface area contributed by atoms with Crippen molar-refractivity contribution < 1.29 is 57.1 Å². The van der Waals surface area contributed by atoms with Crippen molar-refractivity contribution in [3.63, 3.8) is 0 Å². The van der Waals surface area contributed by atoms with Crippen molar-refractivity contribution in [2.75, 3.05) is 0 Å². The molecule has 1 aromatic carbocycles. The zero-order valence-corrected chi connectivity index (χ0v) is 25.4. The Labute approximate surface area is 293 Å². The van der Waals surface area contributed by atoms with Crippen molar-refractivity contribution in [3.05, 3.63) is 80.2 Å². The predicted molar refractivity (Wildman–Crippen MR) is 147 cm³/mol. The maximum atomic E-state index is 16.9. The van der Waals surface area contributed by atoms with E-state index in [4.69, 9.17) is 0 Å². The molecule has 272 valence electrons. The molecule has 0 saturated carbocycles. The van der Waals surface area contributed by atoms with Crippen molar-refractivity contribution in [2.45, 2.75) is 24.7 Å². The first-order valence-corrected chi connectivity index (χ1v) is 13.6. The Kier molecular flexibility index (Phi) is 8.89. The summed E-state index contributed by atoms with van der Waals surface area (Å²) < 4.78 is 181. The van der Waals surface area contributed by atoms with Gasteiger partial charge >= 0.3 is 24.7 Å².